The first kappa shape index (κ1) is 12.2. The van der Waals surface area contributed by atoms with Crippen LogP contribution < -0.4 is 11.5 Å². The normalized spacial score (nSPS) is 10.0. The van der Waals surface area contributed by atoms with E-state index in [0.29, 0.717) is 26.1 Å². The molecule has 0 aromatic heterocycles. The Kier molecular flexibility index (Phi) is 7.38. The molecule has 0 saturated carbocycles. The van der Waals surface area contributed by atoms with Crippen LogP contribution >= 0.6 is 0 Å². The summed E-state index contributed by atoms with van der Waals surface area (Å²) >= 11 is 0. The van der Waals surface area contributed by atoms with Gasteiger partial charge in [0.25, 0.3) is 0 Å². The van der Waals surface area contributed by atoms with E-state index in [-0.39, 0.29) is 24.7 Å². The van der Waals surface area contributed by atoms with Gasteiger partial charge < -0.3 is 16.2 Å². The van der Waals surface area contributed by atoms with Gasteiger partial charge in [0.15, 0.2) is 0 Å². The molecule has 0 unspecified atom stereocenters. The number of nitrogens with two attached hydrogens (primary N) is 2. The molecule has 0 rings (SSSR count). The standard InChI is InChI=1S/C8H16N2O3/c9-5-7(11)1-3-13-4-2-8(12)6-10/h1-6,9-10H2. The minimum Gasteiger partial charge on any atom is -0.381 e. The summed E-state index contributed by atoms with van der Waals surface area (Å²) in [5.41, 5.74) is 10.2. The van der Waals surface area contributed by atoms with Gasteiger partial charge >= 0.3 is 0 Å². The van der Waals surface area contributed by atoms with Gasteiger partial charge in [0, 0.05) is 12.8 Å². The van der Waals surface area contributed by atoms with Crippen LogP contribution in [0.3, 0.4) is 0 Å². The monoisotopic (exact) mass is 188 g/mol. The average molecular weight is 188 g/mol. The van der Waals surface area contributed by atoms with Crippen LogP contribution in [0.25, 0.3) is 0 Å². The number of Topliss-reactive ketones (excluding diaryl/α,β-unsaturated/α-hetero) is 2. The largest absolute Gasteiger partial charge is 0.381 e. The molecule has 4 N–H and O–H groups in total. The van der Waals surface area contributed by atoms with Crippen molar-refractivity contribution in [1.82, 2.24) is 0 Å². The first-order valence-electron chi connectivity index (χ1n) is 4.22. The maximum absolute atomic E-state index is 10.7. The molecule has 0 aromatic carbocycles. The summed E-state index contributed by atoms with van der Waals surface area (Å²) in [5.74, 6) is -0.0738. The number of carbonyl (C=O) groups excluding carboxylic acids is 2. The second-order valence-electron chi connectivity index (χ2n) is 2.60. The topological polar surface area (TPSA) is 95.4 Å². The zero-order valence-electron chi connectivity index (χ0n) is 7.62. The van der Waals surface area contributed by atoms with Gasteiger partial charge in [0.2, 0.25) is 0 Å². The minimum absolute atomic E-state index is 0.0369. The molecule has 0 amide bonds. The fourth-order valence-electron chi connectivity index (χ4n) is 0.678. The molecule has 5 nitrogen and oxygen atoms in total. The van der Waals surface area contributed by atoms with Gasteiger partial charge in [-0.05, 0) is 0 Å². The van der Waals surface area contributed by atoms with Gasteiger partial charge in [0.1, 0.15) is 11.6 Å². The molecule has 0 bridgehead atoms. The third kappa shape index (κ3) is 7.58. The van der Waals surface area contributed by atoms with Crippen molar-refractivity contribution in [2.24, 2.45) is 11.5 Å². The second kappa shape index (κ2) is 7.85. The van der Waals surface area contributed by atoms with E-state index >= 15 is 0 Å². The van der Waals surface area contributed by atoms with E-state index in [1.807, 2.05) is 0 Å². The van der Waals surface area contributed by atoms with Crippen molar-refractivity contribution in [2.45, 2.75) is 12.8 Å². The number of hydrogen-bond donors (Lipinski definition) is 2. The highest BCUT2D eigenvalue weighted by Crippen LogP contribution is 1.87. The van der Waals surface area contributed by atoms with Crippen molar-refractivity contribution >= 4 is 11.6 Å². The van der Waals surface area contributed by atoms with Crippen LogP contribution in [0, 0.1) is 0 Å². The average Bonchev–Trinajstić information content (AvgIpc) is 2.16. The van der Waals surface area contributed by atoms with Crippen molar-refractivity contribution < 1.29 is 14.3 Å². The molecule has 0 fully saturated rings. The van der Waals surface area contributed by atoms with Crippen molar-refractivity contribution in [2.75, 3.05) is 26.3 Å². The van der Waals surface area contributed by atoms with Crippen molar-refractivity contribution in [3.8, 4) is 0 Å². The molecule has 76 valence electrons. The lowest BCUT2D eigenvalue weighted by molar-refractivity contribution is -0.119. The van der Waals surface area contributed by atoms with E-state index in [1.165, 1.54) is 0 Å². The molecule has 0 saturated heterocycles. The van der Waals surface area contributed by atoms with E-state index in [9.17, 15) is 9.59 Å². The maximum Gasteiger partial charge on any atom is 0.148 e. The van der Waals surface area contributed by atoms with Crippen LogP contribution in [0.15, 0.2) is 0 Å². The molecule has 5 heteroatoms. The highest BCUT2D eigenvalue weighted by Gasteiger charge is 2.00. The van der Waals surface area contributed by atoms with Gasteiger partial charge in [-0.25, -0.2) is 0 Å². The Balaban J connectivity index is 3.17. The Morgan fingerprint density at radius 1 is 0.923 bits per heavy atom. The van der Waals surface area contributed by atoms with Gasteiger partial charge in [-0.15, -0.1) is 0 Å². The van der Waals surface area contributed by atoms with E-state index in [4.69, 9.17) is 16.2 Å². The molecule has 0 spiro atoms. The summed E-state index contributed by atoms with van der Waals surface area (Å²) in [6.07, 6.45) is 0.626. The van der Waals surface area contributed by atoms with E-state index in [1.54, 1.807) is 0 Å². The van der Waals surface area contributed by atoms with Crippen molar-refractivity contribution in [3.05, 3.63) is 0 Å². The highest BCUT2D eigenvalue weighted by molar-refractivity contribution is 5.80. The lowest BCUT2D eigenvalue weighted by Gasteiger charge is -2.01. The maximum atomic E-state index is 10.7. The van der Waals surface area contributed by atoms with Crippen LogP contribution in [0.2, 0.25) is 0 Å². The zero-order chi connectivity index (χ0) is 10.1. The van der Waals surface area contributed by atoms with Crippen LogP contribution in [0.5, 0.6) is 0 Å². The fourth-order valence-corrected chi connectivity index (χ4v) is 0.678. The predicted molar refractivity (Wildman–Crippen MR) is 48.2 cm³/mol. The quantitative estimate of drug-likeness (QED) is 0.468. The third-order valence-corrected chi connectivity index (χ3v) is 1.51. The zero-order valence-corrected chi connectivity index (χ0v) is 7.62. The van der Waals surface area contributed by atoms with Gasteiger partial charge in [-0.3, -0.25) is 9.59 Å². The molecular formula is C8H16N2O3. The van der Waals surface area contributed by atoms with E-state index in [2.05, 4.69) is 0 Å². The second-order valence-corrected chi connectivity index (χ2v) is 2.60. The molecule has 0 radical (unpaired) electrons. The van der Waals surface area contributed by atoms with E-state index in [0.717, 1.165) is 0 Å². The third-order valence-electron chi connectivity index (χ3n) is 1.51. The molecule has 0 atom stereocenters. The van der Waals surface area contributed by atoms with Crippen molar-refractivity contribution in [3.63, 3.8) is 0 Å². The Morgan fingerprint density at radius 2 is 1.31 bits per heavy atom. The molecule has 0 aliphatic rings. The Morgan fingerprint density at radius 3 is 1.62 bits per heavy atom. The first-order chi connectivity index (χ1) is 6.20. The molecule has 0 heterocycles. The smallest absolute Gasteiger partial charge is 0.148 e. The molecular weight excluding hydrogens is 172 g/mol. The SMILES string of the molecule is NCC(=O)CCOCCC(=O)CN. The van der Waals surface area contributed by atoms with Gasteiger partial charge in [0.05, 0.1) is 26.3 Å². The summed E-state index contributed by atoms with van der Waals surface area (Å²) in [5, 5.41) is 0. The van der Waals surface area contributed by atoms with Crippen LogP contribution in [0.1, 0.15) is 12.8 Å². The van der Waals surface area contributed by atoms with Gasteiger partial charge in [-0.2, -0.15) is 0 Å². The first-order valence-corrected chi connectivity index (χ1v) is 4.22. The molecule has 0 aromatic rings. The lowest BCUT2D eigenvalue weighted by atomic mass is 10.3. The van der Waals surface area contributed by atoms with Crippen LogP contribution in [0.4, 0.5) is 0 Å². The summed E-state index contributed by atoms with van der Waals surface area (Å²) in [4.78, 5) is 21.3. The Labute approximate surface area is 77.4 Å². The lowest BCUT2D eigenvalue weighted by Crippen LogP contribution is -2.17. The van der Waals surface area contributed by atoms with Crippen LogP contribution in [-0.4, -0.2) is 37.9 Å². The van der Waals surface area contributed by atoms with Gasteiger partial charge in [-0.1, -0.05) is 0 Å². The summed E-state index contributed by atoms with van der Waals surface area (Å²) in [6, 6.07) is 0. The Bertz CT molecular complexity index is 153. The molecule has 0 aliphatic carbocycles. The summed E-state index contributed by atoms with van der Waals surface area (Å²) in [6.45, 7) is 0.748. The van der Waals surface area contributed by atoms with Crippen LogP contribution in [-0.2, 0) is 14.3 Å². The highest BCUT2D eigenvalue weighted by atomic mass is 16.5. The Hall–Kier alpha value is -0.780. The predicted octanol–water partition coefficient (Wildman–Crippen LogP) is -1.16. The minimum atomic E-state index is -0.0369. The molecule has 13 heavy (non-hydrogen) atoms. The fraction of sp³-hybridized carbons (Fsp3) is 0.750. The number of hydrogen-bond acceptors (Lipinski definition) is 5. The number of rotatable bonds is 8. The van der Waals surface area contributed by atoms with Crippen molar-refractivity contribution in [1.29, 1.82) is 0 Å². The summed E-state index contributed by atoms with van der Waals surface area (Å²) < 4.78 is 5.03. The summed E-state index contributed by atoms with van der Waals surface area (Å²) in [7, 11) is 0. The number of carbonyl (C=O) groups is 2. The van der Waals surface area contributed by atoms with E-state index < -0.39 is 0 Å². The molecule has 0 aliphatic heterocycles. The number of ketones is 2. The number of ether oxygens (including phenoxy) is 1.